The molecule has 0 fully saturated rings. The molecule has 3 N–H and O–H groups in total. The number of carbonyl (C=O) groups excluding carboxylic acids is 1. The molecule has 0 heterocycles. The lowest BCUT2D eigenvalue weighted by atomic mass is 10.0. The van der Waals surface area contributed by atoms with Crippen LogP contribution in [-0.2, 0) is 4.79 Å². The van der Waals surface area contributed by atoms with Gasteiger partial charge in [0, 0.05) is 5.92 Å². The second-order valence-corrected chi connectivity index (χ2v) is 4.41. The second-order valence-electron chi connectivity index (χ2n) is 3.94. The van der Waals surface area contributed by atoms with E-state index in [1.54, 1.807) is 0 Å². The van der Waals surface area contributed by atoms with E-state index >= 15 is 0 Å². The van der Waals surface area contributed by atoms with Crippen molar-refractivity contribution in [3.8, 4) is 0 Å². The van der Waals surface area contributed by atoms with E-state index in [1.807, 2.05) is 13.8 Å². The minimum atomic E-state index is -0.142. The lowest BCUT2D eigenvalue weighted by molar-refractivity contribution is -0.125. The third-order valence-electron chi connectivity index (χ3n) is 2.41. The van der Waals surface area contributed by atoms with Gasteiger partial charge in [0.2, 0.25) is 5.91 Å². The van der Waals surface area contributed by atoms with Gasteiger partial charge in [0.1, 0.15) is 0 Å². The van der Waals surface area contributed by atoms with Crippen LogP contribution in [0.15, 0.2) is 0 Å². The highest BCUT2D eigenvalue weighted by atomic mass is 32.1. The van der Waals surface area contributed by atoms with Gasteiger partial charge in [-0.1, -0.05) is 45.8 Å². The highest BCUT2D eigenvalue weighted by molar-refractivity contribution is 7.80. The first-order valence-electron chi connectivity index (χ1n) is 5.62. The molecule has 0 rings (SSSR count). The third kappa shape index (κ3) is 5.72. The van der Waals surface area contributed by atoms with Crippen LogP contribution in [0.4, 0.5) is 0 Å². The summed E-state index contributed by atoms with van der Waals surface area (Å²) in [5, 5.41) is 2.90. The monoisotopic (exact) mass is 230 g/mol. The van der Waals surface area contributed by atoms with Gasteiger partial charge in [-0.25, -0.2) is 0 Å². The highest BCUT2D eigenvalue weighted by Gasteiger charge is 2.17. The van der Waals surface area contributed by atoms with Crippen molar-refractivity contribution in [2.45, 2.75) is 52.5 Å². The van der Waals surface area contributed by atoms with Gasteiger partial charge in [-0.3, -0.25) is 4.79 Å². The number of hydrogen-bond donors (Lipinski definition) is 2. The number of nitrogens with one attached hydrogen (secondary N) is 1. The number of nitrogens with two attached hydrogens (primary N) is 1. The van der Waals surface area contributed by atoms with Gasteiger partial charge in [0.15, 0.2) is 0 Å². The maximum absolute atomic E-state index is 11.7. The van der Waals surface area contributed by atoms with E-state index in [1.165, 1.54) is 0 Å². The van der Waals surface area contributed by atoms with Gasteiger partial charge in [-0.15, -0.1) is 0 Å². The molecule has 0 radical (unpaired) electrons. The Labute approximate surface area is 97.8 Å². The summed E-state index contributed by atoms with van der Waals surface area (Å²) in [5.74, 6) is 0.104. The summed E-state index contributed by atoms with van der Waals surface area (Å²) >= 11 is 4.92. The lowest BCUT2D eigenvalue weighted by Crippen LogP contribution is -2.45. The van der Waals surface area contributed by atoms with Crippen molar-refractivity contribution in [2.75, 3.05) is 0 Å². The molecule has 0 spiro atoms. The van der Waals surface area contributed by atoms with E-state index in [0.717, 1.165) is 25.7 Å². The van der Waals surface area contributed by atoms with E-state index in [-0.39, 0.29) is 17.9 Å². The van der Waals surface area contributed by atoms with Crippen LogP contribution in [0.5, 0.6) is 0 Å². The van der Waals surface area contributed by atoms with Crippen molar-refractivity contribution in [1.82, 2.24) is 5.32 Å². The zero-order valence-electron chi connectivity index (χ0n) is 9.88. The Kier molecular flexibility index (Phi) is 7.30. The molecule has 0 aromatic carbocycles. The SMILES string of the molecule is CCCC(C)C(=O)NC(CCC)C(N)=S. The predicted octanol–water partition coefficient (Wildman–Crippen LogP) is 1.99. The minimum absolute atomic E-state index is 0.0451. The van der Waals surface area contributed by atoms with Crippen LogP contribution < -0.4 is 11.1 Å². The van der Waals surface area contributed by atoms with E-state index in [4.69, 9.17) is 18.0 Å². The molecular formula is C11H22N2OS. The van der Waals surface area contributed by atoms with Crippen molar-refractivity contribution in [1.29, 1.82) is 0 Å². The van der Waals surface area contributed by atoms with E-state index in [9.17, 15) is 4.79 Å². The second kappa shape index (κ2) is 7.63. The summed E-state index contributed by atoms with van der Waals surface area (Å²) in [6.07, 6.45) is 3.70. The van der Waals surface area contributed by atoms with Gasteiger partial charge >= 0.3 is 0 Å². The summed E-state index contributed by atoms with van der Waals surface area (Å²) in [6, 6.07) is -0.142. The fourth-order valence-corrected chi connectivity index (χ4v) is 1.63. The number of thiocarbonyl (C=S) groups is 1. The number of carbonyl (C=O) groups is 1. The van der Waals surface area contributed by atoms with E-state index in [0.29, 0.717) is 4.99 Å². The Hall–Kier alpha value is -0.640. The first-order valence-corrected chi connectivity index (χ1v) is 6.03. The van der Waals surface area contributed by atoms with Gasteiger partial charge in [0.05, 0.1) is 11.0 Å². The third-order valence-corrected chi connectivity index (χ3v) is 2.69. The highest BCUT2D eigenvalue weighted by Crippen LogP contribution is 2.06. The standard InChI is InChI=1S/C11H22N2OS/c1-4-6-8(3)11(14)13-9(7-5-2)10(12)15/h8-9H,4-7H2,1-3H3,(H2,12,15)(H,13,14). The fraction of sp³-hybridized carbons (Fsp3) is 0.818. The van der Waals surface area contributed by atoms with Crippen molar-refractivity contribution in [3.63, 3.8) is 0 Å². The average molecular weight is 230 g/mol. The summed E-state index contributed by atoms with van der Waals surface area (Å²) < 4.78 is 0. The minimum Gasteiger partial charge on any atom is -0.392 e. The van der Waals surface area contributed by atoms with Crippen molar-refractivity contribution in [2.24, 2.45) is 11.7 Å². The summed E-state index contributed by atoms with van der Waals surface area (Å²) in [4.78, 5) is 12.1. The molecule has 0 aromatic rings. The summed E-state index contributed by atoms with van der Waals surface area (Å²) in [7, 11) is 0. The van der Waals surface area contributed by atoms with Crippen LogP contribution in [0.1, 0.15) is 46.5 Å². The first kappa shape index (κ1) is 14.4. The molecule has 0 aliphatic heterocycles. The van der Waals surface area contributed by atoms with E-state index < -0.39 is 0 Å². The molecule has 0 bridgehead atoms. The Morgan fingerprint density at radius 3 is 2.27 bits per heavy atom. The maximum atomic E-state index is 11.7. The van der Waals surface area contributed by atoms with Crippen LogP contribution >= 0.6 is 12.2 Å². The van der Waals surface area contributed by atoms with Crippen LogP contribution in [0, 0.1) is 5.92 Å². The van der Waals surface area contributed by atoms with E-state index in [2.05, 4.69) is 12.2 Å². The molecule has 0 aliphatic carbocycles. The van der Waals surface area contributed by atoms with Gasteiger partial charge < -0.3 is 11.1 Å². The van der Waals surface area contributed by atoms with Crippen molar-refractivity contribution >= 4 is 23.1 Å². The maximum Gasteiger partial charge on any atom is 0.223 e. The molecule has 1 amide bonds. The zero-order valence-corrected chi connectivity index (χ0v) is 10.7. The van der Waals surface area contributed by atoms with Crippen LogP contribution in [0.25, 0.3) is 0 Å². The van der Waals surface area contributed by atoms with Crippen molar-refractivity contribution in [3.05, 3.63) is 0 Å². The largest absolute Gasteiger partial charge is 0.392 e. The van der Waals surface area contributed by atoms with Gasteiger partial charge in [0.25, 0.3) is 0 Å². The van der Waals surface area contributed by atoms with Gasteiger partial charge in [-0.2, -0.15) is 0 Å². The molecule has 4 heteroatoms. The van der Waals surface area contributed by atoms with Crippen molar-refractivity contribution < 1.29 is 4.79 Å². The Morgan fingerprint density at radius 2 is 1.87 bits per heavy atom. The van der Waals surface area contributed by atoms with Crippen LogP contribution in [-0.4, -0.2) is 16.9 Å². The molecule has 0 aliphatic rings. The molecule has 88 valence electrons. The average Bonchev–Trinajstić information content (AvgIpc) is 2.17. The quantitative estimate of drug-likeness (QED) is 0.658. The summed E-state index contributed by atoms with van der Waals surface area (Å²) in [6.45, 7) is 6.05. The molecule has 2 unspecified atom stereocenters. The van der Waals surface area contributed by atoms with Crippen LogP contribution in [0.2, 0.25) is 0 Å². The molecule has 15 heavy (non-hydrogen) atoms. The smallest absolute Gasteiger partial charge is 0.223 e. The molecule has 3 nitrogen and oxygen atoms in total. The topological polar surface area (TPSA) is 55.1 Å². The molecule has 2 atom stereocenters. The summed E-state index contributed by atoms with van der Waals surface area (Å²) in [5.41, 5.74) is 5.56. The molecule has 0 aromatic heterocycles. The molecule has 0 saturated carbocycles. The lowest BCUT2D eigenvalue weighted by Gasteiger charge is -2.19. The molecular weight excluding hydrogens is 208 g/mol. The predicted molar refractivity (Wildman–Crippen MR) is 67.7 cm³/mol. The normalized spacial score (nSPS) is 14.3. The Morgan fingerprint density at radius 1 is 1.33 bits per heavy atom. The molecule has 0 saturated heterocycles. The fourth-order valence-electron chi connectivity index (χ4n) is 1.45. The Bertz CT molecular complexity index is 219. The number of amides is 1. The number of hydrogen-bond acceptors (Lipinski definition) is 2. The zero-order chi connectivity index (χ0) is 11.8. The van der Waals surface area contributed by atoms with Crippen LogP contribution in [0.3, 0.4) is 0 Å². The Balaban J connectivity index is 4.15. The van der Waals surface area contributed by atoms with Gasteiger partial charge in [-0.05, 0) is 12.8 Å². The number of rotatable bonds is 7. The first-order chi connectivity index (χ1) is 7.02.